The highest BCUT2D eigenvalue weighted by Crippen LogP contribution is 2.17. The maximum Gasteiger partial charge on any atom is 0.250 e. The minimum absolute atomic E-state index is 0.00930. The van der Waals surface area contributed by atoms with E-state index in [1.807, 2.05) is 13.8 Å². The van der Waals surface area contributed by atoms with Crippen LogP contribution in [-0.4, -0.2) is 24.2 Å². The summed E-state index contributed by atoms with van der Waals surface area (Å²) in [7, 11) is 0. The third-order valence-corrected chi connectivity index (χ3v) is 1.87. The molecule has 3 nitrogen and oxygen atoms in total. The Morgan fingerprint density at radius 3 is 2.93 bits per heavy atom. The largest absolute Gasteiger partial charge is 0.474 e. The first kappa shape index (κ1) is 12.2. The van der Waals surface area contributed by atoms with Crippen molar-refractivity contribution in [2.45, 2.75) is 19.9 Å². The second-order valence-electron chi connectivity index (χ2n) is 3.40. The number of pyridine rings is 1. The number of halogens is 2. The van der Waals surface area contributed by atoms with E-state index in [-0.39, 0.29) is 10.9 Å². The summed E-state index contributed by atoms with van der Waals surface area (Å²) in [5.41, 5.74) is 0. The van der Waals surface area contributed by atoms with Crippen LogP contribution in [0.1, 0.15) is 13.8 Å². The molecule has 15 heavy (non-hydrogen) atoms. The smallest absolute Gasteiger partial charge is 0.250 e. The minimum atomic E-state index is -0.535. The Kier molecular flexibility index (Phi) is 4.78. The first-order valence-electron chi connectivity index (χ1n) is 4.77. The van der Waals surface area contributed by atoms with Crippen LogP contribution in [0.3, 0.4) is 0 Å². The molecule has 1 N–H and O–H groups in total. The molecule has 1 rings (SSSR count). The predicted octanol–water partition coefficient (Wildman–Crippen LogP) is 2.25. The van der Waals surface area contributed by atoms with E-state index in [1.54, 1.807) is 0 Å². The average molecular weight is 233 g/mol. The fourth-order valence-electron chi connectivity index (χ4n) is 1.00. The van der Waals surface area contributed by atoms with Crippen molar-refractivity contribution < 1.29 is 9.13 Å². The summed E-state index contributed by atoms with van der Waals surface area (Å²) in [6, 6.07) is 1.57. The summed E-state index contributed by atoms with van der Waals surface area (Å²) < 4.78 is 18.3. The molecule has 0 spiro atoms. The molecule has 0 amide bonds. The molecule has 0 aliphatic rings. The monoisotopic (exact) mass is 232 g/mol. The zero-order valence-corrected chi connectivity index (χ0v) is 9.51. The summed E-state index contributed by atoms with van der Waals surface area (Å²) in [5.74, 6) is -0.544. The van der Waals surface area contributed by atoms with Crippen LogP contribution in [-0.2, 0) is 0 Å². The Hall–Kier alpha value is -0.870. The van der Waals surface area contributed by atoms with Crippen LogP contribution < -0.4 is 10.1 Å². The van der Waals surface area contributed by atoms with Gasteiger partial charge in [-0.05, 0) is 6.07 Å². The maximum absolute atomic E-state index is 13.1. The Morgan fingerprint density at radius 2 is 2.33 bits per heavy atom. The Bertz CT molecular complexity index is 320. The highest BCUT2D eigenvalue weighted by molar-refractivity contribution is 6.30. The molecular formula is C10H14ClFN2O. The summed E-state index contributed by atoms with van der Waals surface area (Å²) in [6.07, 6.45) is 1.36. The topological polar surface area (TPSA) is 34.1 Å². The van der Waals surface area contributed by atoms with Crippen LogP contribution in [0, 0.1) is 5.82 Å². The normalized spacial score (nSPS) is 10.7. The first-order chi connectivity index (χ1) is 7.09. The van der Waals surface area contributed by atoms with Gasteiger partial charge in [0.15, 0.2) is 5.82 Å². The van der Waals surface area contributed by atoms with Gasteiger partial charge < -0.3 is 10.1 Å². The summed E-state index contributed by atoms with van der Waals surface area (Å²) in [5, 5.41) is 3.41. The molecule has 0 fully saturated rings. The first-order valence-corrected chi connectivity index (χ1v) is 5.14. The molecule has 1 aromatic rings. The van der Waals surface area contributed by atoms with Crippen LogP contribution in [0.5, 0.6) is 5.88 Å². The lowest BCUT2D eigenvalue weighted by Crippen LogP contribution is -2.27. The lowest BCUT2D eigenvalue weighted by molar-refractivity contribution is 0.282. The standard InChI is InChI=1S/C10H14ClFN2O/c1-7(2)13-3-4-15-10-9(12)5-8(11)6-14-10/h5-7,13H,3-4H2,1-2H3. The second-order valence-corrected chi connectivity index (χ2v) is 3.83. The highest BCUT2D eigenvalue weighted by atomic mass is 35.5. The van der Waals surface area contributed by atoms with E-state index in [1.165, 1.54) is 12.3 Å². The Balaban J connectivity index is 2.37. The SMILES string of the molecule is CC(C)NCCOc1ncc(Cl)cc1F. The number of nitrogens with one attached hydrogen (secondary N) is 1. The second kappa shape index (κ2) is 5.88. The van der Waals surface area contributed by atoms with Gasteiger partial charge in [0.25, 0.3) is 5.88 Å². The van der Waals surface area contributed by atoms with Crippen molar-refractivity contribution in [1.82, 2.24) is 10.3 Å². The fraction of sp³-hybridized carbons (Fsp3) is 0.500. The van der Waals surface area contributed by atoms with Crippen molar-refractivity contribution in [1.29, 1.82) is 0 Å². The highest BCUT2D eigenvalue weighted by Gasteiger charge is 2.05. The van der Waals surface area contributed by atoms with Gasteiger partial charge in [-0.1, -0.05) is 25.4 Å². The molecule has 0 aromatic carbocycles. The van der Waals surface area contributed by atoms with Gasteiger partial charge in [0.05, 0.1) is 5.02 Å². The van der Waals surface area contributed by atoms with Gasteiger partial charge in [-0.2, -0.15) is 0 Å². The summed E-state index contributed by atoms with van der Waals surface area (Å²) in [6.45, 7) is 5.09. The van der Waals surface area contributed by atoms with E-state index < -0.39 is 5.82 Å². The van der Waals surface area contributed by atoms with Gasteiger partial charge in [0, 0.05) is 18.8 Å². The van der Waals surface area contributed by atoms with E-state index in [9.17, 15) is 4.39 Å². The molecule has 0 atom stereocenters. The van der Waals surface area contributed by atoms with Gasteiger partial charge in [0.1, 0.15) is 6.61 Å². The predicted molar refractivity (Wildman–Crippen MR) is 57.8 cm³/mol. The van der Waals surface area contributed by atoms with E-state index in [4.69, 9.17) is 16.3 Å². The third kappa shape index (κ3) is 4.44. The maximum atomic E-state index is 13.1. The van der Waals surface area contributed by atoms with E-state index in [2.05, 4.69) is 10.3 Å². The zero-order chi connectivity index (χ0) is 11.3. The molecule has 0 aliphatic carbocycles. The van der Waals surface area contributed by atoms with Gasteiger partial charge in [-0.15, -0.1) is 0 Å². The number of hydrogen-bond acceptors (Lipinski definition) is 3. The molecular weight excluding hydrogens is 219 g/mol. The number of hydrogen-bond donors (Lipinski definition) is 1. The summed E-state index contributed by atoms with van der Waals surface area (Å²) >= 11 is 5.55. The molecule has 0 saturated carbocycles. The molecule has 0 bridgehead atoms. The van der Waals surface area contributed by atoms with Crippen LogP contribution in [0.15, 0.2) is 12.3 Å². The number of nitrogens with zero attached hydrogens (tertiary/aromatic N) is 1. The van der Waals surface area contributed by atoms with Crippen molar-refractivity contribution in [3.63, 3.8) is 0 Å². The molecule has 1 heterocycles. The van der Waals surface area contributed by atoms with E-state index in [0.29, 0.717) is 19.2 Å². The summed E-state index contributed by atoms with van der Waals surface area (Å²) in [4.78, 5) is 3.74. The molecule has 0 unspecified atom stereocenters. The van der Waals surface area contributed by atoms with Crippen molar-refractivity contribution in [3.05, 3.63) is 23.1 Å². The van der Waals surface area contributed by atoms with Crippen molar-refractivity contribution in [2.75, 3.05) is 13.2 Å². The molecule has 0 saturated heterocycles. The van der Waals surface area contributed by atoms with Gasteiger partial charge >= 0.3 is 0 Å². The molecule has 5 heteroatoms. The van der Waals surface area contributed by atoms with Gasteiger partial charge in [-0.25, -0.2) is 9.37 Å². The van der Waals surface area contributed by atoms with Crippen molar-refractivity contribution in [2.24, 2.45) is 0 Å². The quantitative estimate of drug-likeness (QED) is 0.791. The van der Waals surface area contributed by atoms with E-state index >= 15 is 0 Å². The number of aromatic nitrogens is 1. The molecule has 84 valence electrons. The molecule has 1 aromatic heterocycles. The van der Waals surface area contributed by atoms with Gasteiger partial charge in [-0.3, -0.25) is 0 Å². The minimum Gasteiger partial charge on any atom is -0.474 e. The zero-order valence-electron chi connectivity index (χ0n) is 8.76. The average Bonchev–Trinajstić information content (AvgIpc) is 2.14. The van der Waals surface area contributed by atoms with Crippen LogP contribution in [0.4, 0.5) is 4.39 Å². The Labute approximate surface area is 93.6 Å². The Morgan fingerprint density at radius 1 is 1.60 bits per heavy atom. The van der Waals surface area contributed by atoms with Crippen LogP contribution >= 0.6 is 11.6 Å². The van der Waals surface area contributed by atoms with Crippen molar-refractivity contribution in [3.8, 4) is 5.88 Å². The third-order valence-electron chi connectivity index (χ3n) is 1.67. The lowest BCUT2D eigenvalue weighted by Gasteiger charge is -2.09. The van der Waals surface area contributed by atoms with Crippen molar-refractivity contribution >= 4 is 11.6 Å². The number of rotatable bonds is 5. The van der Waals surface area contributed by atoms with Crippen LogP contribution in [0.25, 0.3) is 0 Å². The van der Waals surface area contributed by atoms with Gasteiger partial charge in [0.2, 0.25) is 0 Å². The van der Waals surface area contributed by atoms with E-state index in [0.717, 1.165) is 0 Å². The molecule has 0 radical (unpaired) electrons. The number of ether oxygens (including phenoxy) is 1. The van der Waals surface area contributed by atoms with Crippen LogP contribution in [0.2, 0.25) is 5.02 Å². The fourth-order valence-corrected chi connectivity index (χ4v) is 1.15. The lowest BCUT2D eigenvalue weighted by atomic mass is 10.4. The molecule has 0 aliphatic heterocycles.